The van der Waals surface area contributed by atoms with Crippen LogP contribution in [0.3, 0.4) is 0 Å². The summed E-state index contributed by atoms with van der Waals surface area (Å²) in [5.41, 5.74) is 1.24. The summed E-state index contributed by atoms with van der Waals surface area (Å²) in [4.78, 5) is 6.49. The number of aromatic nitrogens is 1. The lowest BCUT2D eigenvalue weighted by Crippen LogP contribution is -2.68. The Morgan fingerprint density at radius 2 is 1.95 bits per heavy atom. The minimum absolute atomic E-state index is 0.111. The van der Waals surface area contributed by atoms with E-state index in [0.29, 0.717) is 0 Å². The Bertz CT molecular complexity index is 473. The fraction of sp³-hybridized carbons (Fsp3) is 0.706. The maximum Gasteiger partial charge on any atom is 0.141 e. The van der Waals surface area contributed by atoms with Crippen molar-refractivity contribution in [1.82, 2.24) is 15.2 Å². The fourth-order valence-electron chi connectivity index (χ4n) is 3.18. The second-order valence-corrected chi connectivity index (χ2v) is 6.56. The van der Waals surface area contributed by atoms with Crippen molar-refractivity contribution in [3.05, 3.63) is 29.8 Å². The number of pyridine rings is 1. The molecule has 1 fully saturated rings. The van der Waals surface area contributed by atoms with Gasteiger partial charge in [0.1, 0.15) is 5.82 Å². The van der Waals surface area contributed by atoms with Crippen molar-refractivity contribution >= 4 is 0 Å². The third-order valence-electron chi connectivity index (χ3n) is 5.35. The van der Waals surface area contributed by atoms with E-state index < -0.39 is 0 Å². The maximum absolute atomic E-state index is 13.4. The molecule has 1 aromatic heterocycles. The van der Waals surface area contributed by atoms with Crippen LogP contribution >= 0.6 is 0 Å². The fourth-order valence-corrected chi connectivity index (χ4v) is 3.18. The van der Waals surface area contributed by atoms with Gasteiger partial charge < -0.3 is 5.32 Å². The van der Waals surface area contributed by atoms with Crippen LogP contribution in [0.2, 0.25) is 0 Å². The SMILES string of the molecule is CCC1(CC)CN(Cc2cncc(F)c2)C(C)(CC)CN1. The standard InChI is InChI=1S/C17H28FN3/c1-5-16(4)12-20-17(6-2,7-3)13-21(16)11-14-8-15(18)10-19-9-14/h8-10,20H,5-7,11-13H2,1-4H3. The largest absolute Gasteiger partial charge is 0.308 e. The third kappa shape index (κ3) is 3.43. The van der Waals surface area contributed by atoms with Gasteiger partial charge in [-0.2, -0.15) is 0 Å². The van der Waals surface area contributed by atoms with E-state index in [4.69, 9.17) is 0 Å². The highest BCUT2D eigenvalue weighted by molar-refractivity contribution is 5.12. The van der Waals surface area contributed by atoms with Crippen molar-refractivity contribution in [2.24, 2.45) is 0 Å². The number of nitrogens with zero attached hydrogens (tertiary/aromatic N) is 2. The van der Waals surface area contributed by atoms with Gasteiger partial charge in [-0.05, 0) is 37.8 Å². The Kier molecular flexibility index (Phi) is 4.99. The summed E-state index contributed by atoms with van der Waals surface area (Å²) in [6, 6.07) is 1.60. The monoisotopic (exact) mass is 293 g/mol. The highest BCUT2D eigenvalue weighted by Gasteiger charge is 2.42. The molecule has 0 bridgehead atoms. The molecule has 0 spiro atoms. The predicted molar refractivity (Wildman–Crippen MR) is 84.6 cm³/mol. The Morgan fingerprint density at radius 1 is 1.24 bits per heavy atom. The van der Waals surface area contributed by atoms with Gasteiger partial charge in [-0.3, -0.25) is 9.88 Å². The van der Waals surface area contributed by atoms with E-state index >= 15 is 0 Å². The molecule has 0 saturated carbocycles. The van der Waals surface area contributed by atoms with Crippen molar-refractivity contribution in [2.45, 2.75) is 64.6 Å². The molecule has 0 amide bonds. The first-order valence-corrected chi connectivity index (χ1v) is 8.06. The topological polar surface area (TPSA) is 28.2 Å². The highest BCUT2D eigenvalue weighted by Crippen LogP contribution is 2.31. The molecular weight excluding hydrogens is 265 g/mol. The summed E-state index contributed by atoms with van der Waals surface area (Å²) in [5.74, 6) is -0.252. The smallest absolute Gasteiger partial charge is 0.141 e. The molecule has 1 aliphatic rings. The lowest BCUT2D eigenvalue weighted by Gasteiger charge is -2.53. The van der Waals surface area contributed by atoms with E-state index in [1.165, 1.54) is 6.20 Å². The number of piperazine rings is 1. The molecule has 118 valence electrons. The molecule has 0 aromatic carbocycles. The van der Waals surface area contributed by atoms with Crippen molar-refractivity contribution in [3.63, 3.8) is 0 Å². The summed E-state index contributed by atoms with van der Waals surface area (Å²) >= 11 is 0. The van der Waals surface area contributed by atoms with Crippen LogP contribution in [-0.4, -0.2) is 34.1 Å². The Morgan fingerprint density at radius 3 is 2.52 bits per heavy atom. The van der Waals surface area contributed by atoms with Gasteiger partial charge in [0.15, 0.2) is 0 Å². The van der Waals surface area contributed by atoms with Crippen LogP contribution < -0.4 is 5.32 Å². The van der Waals surface area contributed by atoms with Gasteiger partial charge in [0.25, 0.3) is 0 Å². The third-order valence-corrected chi connectivity index (χ3v) is 5.35. The summed E-state index contributed by atoms with van der Waals surface area (Å²) in [5, 5.41) is 3.77. The van der Waals surface area contributed by atoms with Gasteiger partial charge in [0.05, 0.1) is 6.20 Å². The average Bonchev–Trinajstić information content (AvgIpc) is 2.50. The molecular formula is C17H28FN3. The van der Waals surface area contributed by atoms with E-state index in [-0.39, 0.29) is 16.9 Å². The van der Waals surface area contributed by atoms with Gasteiger partial charge in [0.2, 0.25) is 0 Å². The molecule has 1 saturated heterocycles. The Labute approximate surface area is 127 Å². The summed E-state index contributed by atoms with van der Waals surface area (Å²) in [7, 11) is 0. The second-order valence-electron chi connectivity index (χ2n) is 6.56. The van der Waals surface area contributed by atoms with Gasteiger partial charge in [-0.25, -0.2) is 4.39 Å². The van der Waals surface area contributed by atoms with Crippen LogP contribution in [0.1, 0.15) is 52.5 Å². The highest BCUT2D eigenvalue weighted by atomic mass is 19.1. The minimum Gasteiger partial charge on any atom is -0.308 e. The number of halogens is 1. The zero-order chi connectivity index (χ0) is 15.5. The molecule has 2 heterocycles. The first-order chi connectivity index (χ1) is 9.97. The number of hydrogen-bond acceptors (Lipinski definition) is 3. The van der Waals surface area contributed by atoms with Crippen LogP contribution in [0.4, 0.5) is 4.39 Å². The second kappa shape index (κ2) is 6.41. The van der Waals surface area contributed by atoms with Crippen LogP contribution in [0.5, 0.6) is 0 Å². The summed E-state index contributed by atoms with van der Waals surface area (Å²) in [6.45, 7) is 11.7. The summed E-state index contributed by atoms with van der Waals surface area (Å²) in [6.07, 6.45) is 6.35. The van der Waals surface area contributed by atoms with Crippen molar-refractivity contribution in [2.75, 3.05) is 13.1 Å². The van der Waals surface area contributed by atoms with Gasteiger partial charge in [-0.15, -0.1) is 0 Å². The van der Waals surface area contributed by atoms with Gasteiger partial charge >= 0.3 is 0 Å². The molecule has 21 heavy (non-hydrogen) atoms. The zero-order valence-corrected chi connectivity index (χ0v) is 13.7. The predicted octanol–water partition coefficient (Wildman–Crippen LogP) is 3.35. The van der Waals surface area contributed by atoms with Gasteiger partial charge in [-0.1, -0.05) is 20.8 Å². The molecule has 0 radical (unpaired) electrons. The first kappa shape index (κ1) is 16.4. The number of nitrogens with one attached hydrogen (secondary N) is 1. The quantitative estimate of drug-likeness (QED) is 0.902. The molecule has 1 N–H and O–H groups in total. The van der Waals surface area contributed by atoms with Crippen LogP contribution in [0.25, 0.3) is 0 Å². The molecule has 3 nitrogen and oxygen atoms in total. The Balaban J connectivity index is 2.22. The lowest BCUT2D eigenvalue weighted by atomic mass is 9.83. The Hall–Kier alpha value is -1.00. The molecule has 1 aliphatic heterocycles. The summed E-state index contributed by atoms with van der Waals surface area (Å²) < 4.78 is 13.4. The normalized spacial score (nSPS) is 26.0. The maximum atomic E-state index is 13.4. The van der Waals surface area contributed by atoms with Crippen LogP contribution in [0.15, 0.2) is 18.5 Å². The van der Waals surface area contributed by atoms with Crippen LogP contribution in [-0.2, 0) is 6.54 Å². The number of hydrogen-bond donors (Lipinski definition) is 1. The first-order valence-electron chi connectivity index (χ1n) is 8.06. The molecule has 2 rings (SSSR count). The molecule has 0 aliphatic carbocycles. The van der Waals surface area contributed by atoms with E-state index in [0.717, 1.165) is 44.5 Å². The average molecular weight is 293 g/mol. The van der Waals surface area contributed by atoms with Gasteiger partial charge in [0, 0.05) is 36.9 Å². The lowest BCUT2D eigenvalue weighted by molar-refractivity contribution is 0.00264. The number of rotatable bonds is 5. The van der Waals surface area contributed by atoms with Crippen LogP contribution in [0, 0.1) is 5.82 Å². The van der Waals surface area contributed by atoms with E-state index in [1.807, 2.05) is 0 Å². The molecule has 1 unspecified atom stereocenters. The molecule has 1 atom stereocenters. The zero-order valence-electron chi connectivity index (χ0n) is 13.7. The van der Waals surface area contributed by atoms with Crippen molar-refractivity contribution in [1.29, 1.82) is 0 Å². The van der Waals surface area contributed by atoms with E-state index in [9.17, 15) is 4.39 Å². The molecule has 4 heteroatoms. The van der Waals surface area contributed by atoms with Crippen molar-refractivity contribution < 1.29 is 4.39 Å². The molecule has 1 aromatic rings. The van der Waals surface area contributed by atoms with Crippen molar-refractivity contribution in [3.8, 4) is 0 Å². The van der Waals surface area contributed by atoms with E-state index in [1.54, 1.807) is 12.3 Å². The minimum atomic E-state index is -0.252. The van der Waals surface area contributed by atoms with E-state index in [2.05, 4.69) is 42.9 Å².